The zero-order valence-electron chi connectivity index (χ0n) is 24.3. The van der Waals surface area contributed by atoms with Crippen molar-refractivity contribution in [3.8, 4) is 11.3 Å². The first-order chi connectivity index (χ1) is 21.3. The molecule has 4 aromatic carbocycles. The Morgan fingerprint density at radius 2 is 1.32 bits per heavy atom. The zero-order chi connectivity index (χ0) is 30.9. The molecule has 44 heavy (non-hydrogen) atoms. The highest BCUT2D eigenvalue weighted by Crippen LogP contribution is 2.25. The smallest absolute Gasteiger partial charge is 0.272 e. The average Bonchev–Trinajstić information content (AvgIpc) is 3.51. The highest BCUT2D eigenvalue weighted by Gasteiger charge is 2.16. The second kappa shape index (κ2) is 14.2. The van der Waals surface area contributed by atoms with E-state index in [-0.39, 0.29) is 17.4 Å². The summed E-state index contributed by atoms with van der Waals surface area (Å²) >= 11 is 1.39. The second-order valence-electron chi connectivity index (χ2n) is 10.1. The Kier molecular flexibility index (Phi) is 9.74. The normalized spacial score (nSPS) is 11.1. The summed E-state index contributed by atoms with van der Waals surface area (Å²) in [5.41, 5.74) is 4.89. The Morgan fingerprint density at radius 1 is 0.705 bits per heavy atom. The second-order valence-corrected chi connectivity index (χ2v) is 11.2. The number of rotatable bonds is 10. The maximum Gasteiger partial charge on any atom is 0.272 e. The topological polar surface area (TPSA) is 100 Å². The minimum Gasteiger partial charge on any atom is -0.457 e. The molecule has 8 heteroatoms. The van der Waals surface area contributed by atoms with Gasteiger partial charge in [0.15, 0.2) is 0 Å². The van der Waals surface area contributed by atoms with E-state index in [4.69, 9.17) is 4.42 Å². The number of carbonyl (C=O) groups is 3. The number of benzene rings is 4. The molecule has 0 atom stereocenters. The Labute approximate surface area is 260 Å². The van der Waals surface area contributed by atoms with Gasteiger partial charge in [-0.05, 0) is 74.5 Å². The van der Waals surface area contributed by atoms with Crippen LogP contribution in [0.5, 0.6) is 0 Å². The largest absolute Gasteiger partial charge is 0.457 e. The summed E-state index contributed by atoms with van der Waals surface area (Å²) in [5, 5.41) is 8.45. The first-order valence-electron chi connectivity index (χ1n) is 14.0. The van der Waals surface area contributed by atoms with Crippen molar-refractivity contribution in [1.82, 2.24) is 5.32 Å². The lowest BCUT2D eigenvalue weighted by molar-refractivity contribution is -0.114. The molecule has 0 aliphatic carbocycles. The fourth-order valence-corrected chi connectivity index (χ4v) is 4.90. The van der Waals surface area contributed by atoms with Gasteiger partial charge in [0.2, 0.25) is 5.91 Å². The van der Waals surface area contributed by atoms with Crippen LogP contribution in [-0.4, -0.2) is 23.5 Å². The Morgan fingerprint density at radius 3 is 2.00 bits per heavy atom. The average molecular weight is 602 g/mol. The summed E-state index contributed by atoms with van der Waals surface area (Å²) in [6.07, 6.45) is 1.50. The molecule has 0 fully saturated rings. The van der Waals surface area contributed by atoms with E-state index in [1.807, 2.05) is 86.6 Å². The van der Waals surface area contributed by atoms with Gasteiger partial charge in [0, 0.05) is 33.5 Å². The van der Waals surface area contributed by atoms with Crippen LogP contribution in [0.25, 0.3) is 17.4 Å². The molecule has 3 amide bonds. The zero-order valence-corrected chi connectivity index (χ0v) is 25.1. The SMILES string of the molecule is Cc1ccc(NC(=O)CSc2ccc(NC(=O)C(=Cc3ccc(-c4ccc(C)cc4)o3)NC(=O)c3ccccc3)cc2)cc1. The van der Waals surface area contributed by atoms with Crippen LogP contribution in [-0.2, 0) is 9.59 Å². The van der Waals surface area contributed by atoms with Crippen LogP contribution in [0.2, 0.25) is 0 Å². The van der Waals surface area contributed by atoms with Crippen LogP contribution >= 0.6 is 11.8 Å². The van der Waals surface area contributed by atoms with Crippen LogP contribution in [0.4, 0.5) is 11.4 Å². The number of furan rings is 1. The summed E-state index contributed by atoms with van der Waals surface area (Å²) in [5.74, 6) is 0.254. The predicted octanol–water partition coefficient (Wildman–Crippen LogP) is 7.70. The molecule has 3 N–H and O–H groups in total. The van der Waals surface area contributed by atoms with Gasteiger partial charge in [-0.25, -0.2) is 0 Å². The molecular weight excluding hydrogens is 570 g/mol. The van der Waals surface area contributed by atoms with E-state index < -0.39 is 11.8 Å². The number of anilines is 2. The van der Waals surface area contributed by atoms with Crippen molar-refractivity contribution in [2.45, 2.75) is 18.7 Å². The molecule has 0 saturated carbocycles. The molecule has 0 bridgehead atoms. The molecular formula is C36H31N3O4S. The minimum atomic E-state index is -0.513. The van der Waals surface area contributed by atoms with Crippen molar-refractivity contribution in [2.75, 3.05) is 16.4 Å². The van der Waals surface area contributed by atoms with E-state index in [1.165, 1.54) is 17.8 Å². The fourth-order valence-electron chi connectivity index (χ4n) is 4.20. The molecule has 0 aliphatic heterocycles. The number of thioether (sulfide) groups is 1. The molecule has 5 aromatic rings. The van der Waals surface area contributed by atoms with E-state index in [9.17, 15) is 14.4 Å². The third kappa shape index (κ3) is 8.36. The van der Waals surface area contributed by atoms with Crippen molar-refractivity contribution in [1.29, 1.82) is 0 Å². The van der Waals surface area contributed by atoms with E-state index >= 15 is 0 Å². The molecule has 0 spiro atoms. The first kappa shape index (κ1) is 30.1. The molecule has 5 rings (SSSR count). The number of aryl methyl sites for hydroxylation is 2. The first-order valence-corrected chi connectivity index (χ1v) is 15.0. The van der Waals surface area contributed by atoms with Gasteiger partial charge < -0.3 is 20.4 Å². The number of hydrogen-bond donors (Lipinski definition) is 3. The van der Waals surface area contributed by atoms with Crippen LogP contribution in [0, 0.1) is 13.8 Å². The van der Waals surface area contributed by atoms with E-state index in [1.54, 1.807) is 42.5 Å². The lowest BCUT2D eigenvalue weighted by Crippen LogP contribution is -2.30. The molecule has 1 heterocycles. The van der Waals surface area contributed by atoms with Gasteiger partial charge in [-0.3, -0.25) is 14.4 Å². The maximum absolute atomic E-state index is 13.4. The monoisotopic (exact) mass is 601 g/mol. The van der Waals surface area contributed by atoms with Crippen LogP contribution in [0.1, 0.15) is 27.2 Å². The van der Waals surface area contributed by atoms with Gasteiger partial charge in [0.25, 0.3) is 11.8 Å². The van der Waals surface area contributed by atoms with Gasteiger partial charge in [0.1, 0.15) is 17.2 Å². The summed E-state index contributed by atoms with van der Waals surface area (Å²) < 4.78 is 5.99. The van der Waals surface area contributed by atoms with Gasteiger partial charge in [-0.15, -0.1) is 11.8 Å². The van der Waals surface area contributed by atoms with Crippen molar-refractivity contribution < 1.29 is 18.8 Å². The lowest BCUT2D eigenvalue weighted by atomic mass is 10.1. The standard InChI is InChI=1S/C36H31N3O4S/c1-24-8-12-26(13-9-24)33-21-18-30(43-33)22-32(39-35(41)27-6-4-3-5-7-27)36(42)38-29-16-19-31(20-17-29)44-23-34(40)37-28-14-10-25(2)11-15-28/h3-22H,23H2,1-2H3,(H,37,40)(H,38,42)(H,39,41). The molecule has 7 nitrogen and oxygen atoms in total. The van der Waals surface area contributed by atoms with Crippen molar-refractivity contribution >= 4 is 46.9 Å². The summed E-state index contributed by atoms with van der Waals surface area (Å²) in [6.45, 7) is 4.01. The van der Waals surface area contributed by atoms with E-state index in [0.717, 1.165) is 27.3 Å². The summed E-state index contributed by atoms with van der Waals surface area (Å²) in [7, 11) is 0. The number of nitrogens with one attached hydrogen (secondary N) is 3. The number of amides is 3. The van der Waals surface area contributed by atoms with Crippen molar-refractivity contribution in [2.24, 2.45) is 0 Å². The molecule has 0 unspecified atom stereocenters. The Balaban J connectivity index is 1.26. The number of carbonyl (C=O) groups excluding carboxylic acids is 3. The Hall–Kier alpha value is -5.34. The van der Waals surface area contributed by atoms with Crippen LogP contribution in [0.3, 0.4) is 0 Å². The quantitative estimate of drug-likeness (QED) is 0.113. The summed E-state index contributed by atoms with van der Waals surface area (Å²) in [4.78, 5) is 39.6. The minimum absolute atomic E-state index is 0.0230. The fraction of sp³-hybridized carbons (Fsp3) is 0.0833. The third-order valence-corrected chi connectivity index (χ3v) is 7.61. The third-order valence-electron chi connectivity index (χ3n) is 6.60. The molecule has 0 aliphatic rings. The highest BCUT2D eigenvalue weighted by atomic mass is 32.2. The van der Waals surface area contributed by atoms with Gasteiger partial charge >= 0.3 is 0 Å². The van der Waals surface area contributed by atoms with Gasteiger partial charge in [0.05, 0.1) is 5.75 Å². The maximum atomic E-state index is 13.4. The predicted molar refractivity (Wildman–Crippen MR) is 176 cm³/mol. The van der Waals surface area contributed by atoms with Crippen molar-refractivity contribution in [3.63, 3.8) is 0 Å². The van der Waals surface area contributed by atoms with Crippen LogP contribution < -0.4 is 16.0 Å². The molecule has 220 valence electrons. The van der Waals surface area contributed by atoms with E-state index in [0.29, 0.717) is 22.8 Å². The van der Waals surface area contributed by atoms with Crippen molar-refractivity contribution in [3.05, 3.63) is 143 Å². The molecule has 0 saturated heterocycles. The number of hydrogen-bond acceptors (Lipinski definition) is 5. The lowest BCUT2D eigenvalue weighted by Gasteiger charge is -2.11. The summed E-state index contributed by atoms with van der Waals surface area (Å²) in [6, 6.07) is 34.9. The van der Waals surface area contributed by atoms with Gasteiger partial charge in [-0.2, -0.15) is 0 Å². The molecule has 0 radical (unpaired) electrons. The Bertz CT molecular complexity index is 1780. The van der Waals surface area contributed by atoms with Gasteiger partial charge in [-0.1, -0.05) is 65.7 Å². The van der Waals surface area contributed by atoms with Crippen LogP contribution in [0.15, 0.2) is 130 Å². The highest BCUT2D eigenvalue weighted by molar-refractivity contribution is 8.00. The van der Waals surface area contributed by atoms with E-state index in [2.05, 4.69) is 16.0 Å². The molecule has 1 aromatic heterocycles.